The van der Waals surface area contributed by atoms with Crippen LogP contribution in [0.15, 0.2) is 0 Å². The molecular formula is C12H23ClN2OS. The molecule has 2 fully saturated rings. The molecule has 3 nitrogen and oxygen atoms in total. The second-order valence-electron chi connectivity index (χ2n) is 5.20. The lowest BCUT2D eigenvalue weighted by atomic mass is 9.81. The van der Waals surface area contributed by atoms with Crippen LogP contribution in [0.4, 0.5) is 0 Å². The van der Waals surface area contributed by atoms with Crippen LogP contribution < -0.4 is 10.6 Å². The lowest BCUT2D eigenvalue weighted by Gasteiger charge is -2.35. The van der Waals surface area contributed by atoms with E-state index >= 15 is 0 Å². The van der Waals surface area contributed by atoms with Gasteiger partial charge in [0.25, 0.3) is 0 Å². The normalized spacial score (nSPS) is 30.4. The third-order valence-corrected chi connectivity index (χ3v) is 4.75. The molecule has 0 spiro atoms. The van der Waals surface area contributed by atoms with Gasteiger partial charge in [0.2, 0.25) is 5.91 Å². The smallest absolute Gasteiger partial charge is 0.227 e. The maximum absolute atomic E-state index is 12.2. The van der Waals surface area contributed by atoms with E-state index in [1.54, 1.807) is 0 Å². The van der Waals surface area contributed by atoms with Crippen LogP contribution in [0.2, 0.25) is 0 Å². The summed E-state index contributed by atoms with van der Waals surface area (Å²) in [4.78, 5) is 12.2. The molecule has 2 saturated heterocycles. The second-order valence-corrected chi connectivity index (χ2v) is 6.43. The molecule has 0 bridgehead atoms. The summed E-state index contributed by atoms with van der Waals surface area (Å²) < 4.78 is 0. The van der Waals surface area contributed by atoms with E-state index in [1.807, 2.05) is 11.8 Å². The number of amides is 1. The maximum atomic E-state index is 12.2. The SMILES string of the molecule is CC1(C(=O)NC2CCSCC2)CCCNC1.Cl. The first-order valence-corrected chi connectivity index (χ1v) is 7.46. The number of halogens is 1. The minimum absolute atomic E-state index is 0. The zero-order valence-electron chi connectivity index (χ0n) is 10.5. The van der Waals surface area contributed by atoms with Crippen molar-refractivity contribution >= 4 is 30.1 Å². The highest BCUT2D eigenvalue weighted by molar-refractivity contribution is 7.99. The molecule has 2 heterocycles. The van der Waals surface area contributed by atoms with E-state index in [1.165, 1.54) is 11.5 Å². The molecule has 0 aliphatic carbocycles. The van der Waals surface area contributed by atoms with Crippen LogP contribution in [-0.2, 0) is 4.79 Å². The lowest BCUT2D eigenvalue weighted by Crippen LogP contribution is -2.51. The van der Waals surface area contributed by atoms with Gasteiger partial charge in [-0.3, -0.25) is 4.79 Å². The van der Waals surface area contributed by atoms with Crippen molar-refractivity contribution in [2.24, 2.45) is 5.41 Å². The Morgan fingerprint density at radius 1 is 1.41 bits per heavy atom. The maximum Gasteiger partial charge on any atom is 0.227 e. The number of carbonyl (C=O) groups excluding carboxylic acids is 1. The van der Waals surface area contributed by atoms with Gasteiger partial charge in [-0.2, -0.15) is 11.8 Å². The molecule has 0 aromatic carbocycles. The highest BCUT2D eigenvalue weighted by Crippen LogP contribution is 2.26. The highest BCUT2D eigenvalue weighted by Gasteiger charge is 2.35. The number of rotatable bonds is 2. The van der Waals surface area contributed by atoms with Gasteiger partial charge in [-0.05, 0) is 50.7 Å². The van der Waals surface area contributed by atoms with Crippen LogP contribution in [-0.4, -0.2) is 36.5 Å². The van der Waals surface area contributed by atoms with Gasteiger partial charge in [0, 0.05) is 12.6 Å². The van der Waals surface area contributed by atoms with E-state index in [2.05, 4.69) is 17.6 Å². The lowest BCUT2D eigenvalue weighted by molar-refractivity contribution is -0.131. The van der Waals surface area contributed by atoms with E-state index in [4.69, 9.17) is 0 Å². The Balaban J connectivity index is 0.00000144. The molecule has 100 valence electrons. The zero-order chi connectivity index (χ0) is 11.4. The van der Waals surface area contributed by atoms with Crippen molar-refractivity contribution in [2.75, 3.05) is 24.6 Å². The summed E-state index contributed by atoms with van der Waals surface area (Å²) in [7, 11) is 0. The van der Waals surface area contributed by atoms with Crippen molar-refractivity contribution in [3.05, 3.63) is 0 Å². The van der Waals surface area contributed by atoms with Gasteiger partial charge in [-0.1, -0.05) is 0 Å². The molecular weight excluding hydrogens is 256 g/mol. The number of thioether (sulfide) groups is 1. The molecule has 2 aliphatic heterocycles. The molecule has 2 rings (SSSR count). The quantitative estimate of drug-likeness (QED) is 0.809. The Morgan fingerprint density at radius 2 is 2.12 bits per heavy atom. The second kappa shape index (κ2) is 6.86. The largest absolute Gasteiger partial charge is 0.353 e. The summed E-state index contributed by atoms with van der Waals surface area (Å²) in [6, 6.07) is 0.424. The van der Waals surface area contributed by atoms with Crippen LogP contribution in [0.3, 0.4) is 0 Å². The fraction of sp³-hybridized carbons (Fsp3) is 0.917. The molecule has 5 heteroatoms. The first kappa shape index (κ1) is 15.1. The highest BCUT2D eigenvalue weighted by atomic mass is 35.5. The monoisotopic (exact) mass is 278 g/mol. The minimum atomic E-state index is -0.178. The molecule has 0 radical (unpaired) electrons. The van der Waals surface area contributed by atoms with Gasteiger partial charge in [-0.15, -0.1) is 12.4 Å². The molecule has 0 aromatic rings. The summed E-state index contributed by atoms with van der Waals surface area (Å²) in [5.41, 5.74) is -0.178. The first-order chi connectivity index (χ1) is 7.71. The van der Waals surface area contributed by atoms with E-state index in [0.717, 1.165) is 38.8 Å². The van der Waals surface area contributed by atoms with E-state index < -0.39 is 0 Å². The minimum Gasteiger partial charge on any atom is -0.353 e. The summed E-state index contributed by atoms with van der Waals surface area (Å²) in [5, 5.41) is 6.57. The van der Waals surface area contributed by atoms with Crippen LogP contribution in [0.5, 0.6) is 0 Å². The van der Waals surface area contributed by atoms with Crippen molar-refractivity contribution in [1.82, 2.24) is 10.6 Å². The predicted molar refractivity (Wildman–Crippen MR) is 75.9 cm³/mol. The molecule has 2 N–H and O–H groups in total. The Kier molecular flexibility index (Phi) is 6.10. The van der Waals surface area contributed by atoms with Crippen LogP contribution in [0, 0.1) is 5.41 Å². The zero-order valence-corrected chi connectivity index (χ0v) is 12.1. The summed E-state index contributed by atoms with van der Waals surface area (Å²) in [6.07, 6.45) is 4.41. The van der Waals surface area contributed by atoms with Crippen molar-refractivity contribution in [1.29, 1.82) is 0 Å². The summed E-state index contributed by atoms with van der Waals surface area (Å²) in [6.45, 7) is 3.98. The number of hydrogen-bond acceptors (Lipinski definition) is 3. The van der Waals surface area contributed by atoms with Crippen LogP contribution in [0.25, 0.3) is 0 Å². The van der Waals surface area contributed by atoms with Gasteiger partial charge in [0.1, 0.15) is 0 Å². The molecule has 0 saturated carbocycles. The molecule has 1 amide bonds. The fourth-order valence-corrected chi connectivity index (χ4v) is 3.56. The van der Waals surface area contributed by atoms with E-state index in [-0.39, 0.29) is 23.7 Å². The predicted octanol–water partition coefficient (Wildman–Crippen LogP) is 1.81. The topological polar surface area (TPSA) is 41.1 Å². The number of carbonyl (C=O) groups is 1. The third kappa shape index (κ3) is 4.04. The van der Waals surface area contributed by atoms with E-state index in [9.17, 15) is 4.79 Å². The average molecular weight is 279 g/mol. The van der Waals surface area contributed by atoms with Gasteiger partial charge >= 0.3 is 0 Å². The average Bonchev–Trinajstić information content (AvgIpc) is 2.31. The standard InChI is InChI=1S/C12H22N2OS.ClH/c1-12(5-2-6-13-9-12)11(15)14-10-3-7-16-8-4-10;/h10,13H,2-9H2,1H3,(H,14,15);1H. The molecule has 1 atom stereocenters. The van der Waals surface area contributed by atoms with Crippen LogP contribution >= 0.6 is 24.2 Å². The van der Waals surface area contributed by atoms with Crippen molar-refractivity contribution in [2.45, 2.75) is 38.6 Å². The molecule has 17 heavy (non-hydrogen) atoms. The molecule has 0 aromatic heterocycles. The molecule has 2 aliphatic rings. The van der Waals surface area contributed by atoms with Crippen LogP contribution in [0.1, 0.15) is 32.6 Å². The van der Waals surface area contributed by atoms with Crippen molar-refractivity contribution in [3.63, 3.8) is 0 Å². The third-order valence-electron chi connectivity index (χ3n) is 3.70. The van der Waals surface area contributed by atoms with Gasteiger partial charge in [0.15, 0.2) is 0 Å². The Labute approximate surface area is 114 Å². The summed E-state index contributed by atoms with van der Waals surface area (Å²) >= 11 is 2.00. The van der Waals surface area contributed by atoms with E-state index in [0.29, 0.717) is 6.04 Å². The number of hydrogen-bond donors (Lipinski definition) is 2. The van der Waals surface area contributed by atoms with Crippen molar-refractivity contribution < 1.29 is 4.79 Å². The summed E-state index contributed by atoms with van der Waals surface area (Å²) in [5.74, 6) is 2.65. The Morgan fingerprint density at radius 3 is 2.71 bits per heavy atom. The fourth-order valence-electron chi connectivity index (χ4n) is 2.45. The molecule has 1 unspecified atom stereocenters. The van der Waals surface area contributed by atoms with Gasteiger partial charge in [0.05, 0.1) is 5.41 Å². The van der Waals surface area contributed by atoms with Gasteiger partial charge in [-0.25, -0.2) is 0 Å². The Hall–Kier alpha value is 0.0700. The Bertz CT molecular complexity index is 251. The number of nitrogens with one attached hydrogen (secondary N) is 2. The number of piperidine rings is 1. The first-order valence-electron chi connectivity index (χ1n) is 6.30. The van der Waals surface area contributed by atoms with Crippen molar-refractivity contribution in [3.8, 4) is 0 Å². The van der Waals surface area contributed by atoms with Gasteiger partial charge < -0.3 is 10.6 Å².